The van der Waals surface area contributed by atoms with Gasteiger partial charge >= 0.3 is 0 Å². The van der Waals surface area contributed by atoms with Gasteiger partial charge in [-0.2, -0.15) is 0 Å². The second-order valence-electron chi connectivity index (χ2n) is 4.14. The fourth-order valence-electron chi connectivity index (χ4n) is 1.84. The van der Waals surface area contributed by atoms with E-state index in [-0.39, 0.29) is 0 Å². The molecule has 5 heteroatoms. The van der Waals surface area contributed by atoms with Crippen molar-refractivity contribution in [1.82, 2.24) is 15.0 Å². The zero-order valence-electron chi connectivity index (χ0n) is 10.4. The van der Waals surface area contributed by atoms with Gasteiger partial charge in [0.25, 0.3) is 0 Å². The quantitative estimate of drug-likeness (QED) is 0.571. The maximum atomic E-state index is 5.94. The molecule has 0 saturated carbocycles. The van der Waals surface area contributed by atoms with E-state index in [9.17, 15) is 0 Å². The van der Waals surface area contributed by atoms with Crippen LogP contribution in [0.4, 0.5) is 5.69 Å². The molecule has 1 aromatic carbocycles. The van der Waals surface area contributed by atoms with Crippen LogP contribution in [0.5, 0.6) is 0 Å². The van der Waals surface area contributed by atoms with Crippen LogP contribution in [0, 0.1) is 6.92 Å². The lowest BCUT2D eigenvalue weighted by atomic mass is 10.2. The highest BCUT2D eigenvalue weighted by Gasteiger charge is 2.07. The Balaban J connectivity index is 2.08. The summed E-state index contributed by atoms with van der Waals surface area (Å²) in [5.74, 6) is 0. The zero-order valence-corrected chi connectivity index (χ0v) is 11.2. The first-order valence-electron chi connectivity index (χ1n) is 5.85. The first kappa shape index (κ1) is 11.9. The van der Waals surface area contributed by atoms with Gasteiger partial charge in [-0.1, -0.05) is 12.1 Å². The molecule has 0 bridgehead atoms. The maximum absolute atomic E-state index is 5.94. The number of aromatic nitrogens is 3. The Morgan fingerprint density at radius 2 is 1.89 bits per heavy atom. The molecule has 0 aliphatic heterocycles. The fraction of sp³-hybridized carbons (Fsp3) is 0.0714. The maximum Gasteiger partial charge on any atom is 0.192 e. The molecule has 0 unspecified atom stereocenters. The van der Waals surface area contributed by atoms with Gasteiger partial charge < -0.3 is 5.73 Å². The van der Waals surface area contributed by atoms with Crippen molar-refractivity contribution in [3.63, 3.8) is 0 Å². The van der Waals surface area contributed by atoms with Crippen LogP contribution in [0.3, 0.4) is 0 Å². The predicted octanol–water partition coefficient (Wildman–Crippen LogP) is 3.07. The lowest BCUT2D eigenvalue weighted by Crippen LogP contribution is -1.92. The highest BCUT2D eigenvalue weighted by atomic mass is 32.2. The molecule has 0 aliphatic rings. The van der Waals surface area contributed by atoms with E-state index >= 15 is 0 Å². The predicted molar refractivity (Wildman–Crippen MR) is 77.0 cm³/mol. The largest absolute Gasteiger partial charge is 0.397 e. The van der Waals surface area contributed by atoms with Crippen LogP contribution in [0.1, 0.15) is 5.69 Å². The summed E-state index contributed by atoms with van der Waals surface area (Å²) in [6.07, 6.45) is 3.53. The van der Waals surface area contributed by atoms with Crippen molar-refractivity contribution in [2.45, 2.75) is 17.0 Å². The van der Waals surface area contributed by atoms with Crippen molar-refractivity contribution in [2.75, 3.05) is 5.73 Å². The number of aryl methyl sites for hydroxylation is 1. The van der Waals surface area contributed by atoms with Gasteiger partial charge in [-0.3, -0.25) is 4.98 Å². The summed E-state index contributed by atoms with van der Waals surface area (Å²) in [6, 6.07) is 9.63. The van der Waals surface area contributed by atoms with Gasteiger partial charge in [-0.15, -0.1) is 0 Å². The number of anilines is 1. The van der Waals surface area contributed by atoms with E-state index in [0.29, 0.717) is 5.69 Å². The second-order valence-corrected chi connectivity index (χ2v) is 5.14. The molecule has 0 fully saturated rings. The number of nitrogen functional groups attached to an aromatic ring is 1. The van der Waals surface area contributed by atoms with Crippen LogP contribution in [0.25, 0.3) is 10.9 Å². The molecule has 2 heterocycles. The Bertz CT molecular complexity index is 742. The van der Waals surface area contributed by atoms with Crippen molar-refractivity contribution in [1.29, 1.82) is 0 Å². The third-order valence-corrected chi connectivity index (χ3v) is 3.69. The average molecular weight is 268 g/mol. The van der Waals surface area contributed by atoms with Crippen LogP contribution in [-0.4, -0.2) is 15.0 Å². The molecule has 4 nitrogen and oxygen atoms in total. The topological polar surface area (TPSA) is 64.7 Å². The van der Waals surface area contributed by atoms with Gasteiger partial charge in [0.1, 0.15) is 0 Å². The standard InChI is InChI=1S/C14H12N4S/c1-9-5-7-17-14(18-9)19-12-6-8-16-13-10(12)3-2-4-11(13)15/h2-8H,15H2,1H3. The Kier molecular flexibility index (Phi) is 3.05. The van der Waals surface area contributed by atoms with Crippen molar-refractivity contribution in [3.8, 4) is 0 Å². The number of para-hydroxylation sites is 1. The van der Waals surface area contributed by atoms with Gasteiger partial charge in [0.15, 0.2) is 5.16 Å². The number of nitrogens with zero attached hydrogens (tertiary/aromatic N) is 3. The molecule has 2 aromatic heterocycles. The highest BCUT2D eigenvalue weighted by Crippen LogP contribution is 2.32. The van der Waals surface area contributed by atoms with Crippen molar-refractivity contribution >= 4 is 28.4 Å². The van der Waals surface area contributed by atoms with Gasteiger partial charge in [0, 0.05) is 28.4 Å². The van der Waals surface area contributed by atoms with E-state index in [2.05, 4.69) is 15.0 Å². The number of nitrogens with two attached hydrogens (primary N) is 1. The smallest absolute Gasteiger partial charge is 0.192 e. The number of hydrogen-bond donors (Lipinski definition) is 1. The number of rotatable bonds is 2. The number of hydrogen-bond acceptors (Lipinski definition) is 5. The Hall–Kier alpha value is -2.14. The third kappa shape index (κ3) is 2.37. The lowest BCUT2D eigenvalue weighted by Gasteiger charge is -2.06. The van der Waals surface area contributed by atoms with Crippen LogP contribution in [0.15, 0.2) is 52.8 Å². The summed E-state index contributed by atoms with van der Waals surface area (Å²) in [5.41, 5.74) is 8.40. The Labute approximate surface area is 115 Å². The molecule has 0 radical (unpaired) electrons. The molecule has 0 atom stereocenters. The summed E-state index contributed by atoms with van der Waals surface area (Å²) >= 11 is 1.52. The van der Waals surface area contributed by atoms with Crippen LogP contribution in [0.2, 0.25) is 0 Å². The molecule has 2 N–H and O–H groups in total. The molecule has 0 saturated heterocycles. The van der Waals surface area contributed by atoms with Crippen molar-refractivity contribution in [2.24, 2.45) is 0 Å². The molecule has 0 aliphatic carbocycles. The normalized spacial score (nSPS) is 10.8. The van der Waals surface area contributed by atoms with Gasteiger partial charge in [0.2, 0.25) is 0 Å². The van der Waals surface area contributed by atoms with Crippen molar-refractivity contribution < 1.29 is 0 Å². The van der Waals surface area contributed by atoms with E-state index in [0.717, 1.165) is 26.6 Å². The molecule has 3 aromatic rings. The molecule has 0 spiro atoms. The third-order valence-electron chi connectivity index (χ3n) is 2.74. The summed E-state index contributed by atoms with van der Waals surface area (Å²) in [5, 5.41) is 1.76. The van der Waals surface area contributed by atoms with Crippen molar-refractivity contribution in [3.05, 3.63) is 48.4 Å². The molecule has 0 amide bonds. The van der Waals surface area contributed by atoms with Crippen LogP contribution >= 0.6 is 11.8 Å². The molecule has 3 rings (SSSR count). The summed E-state index contributed by atoms with van der Waals surface area (Å²) in [7, 11) is 0. The molecule has 19 heavy (non-hydrogen) atoms. The average Bonchev–Trinajstić information content (AvgIpc) is 2.40. The summed E-state index contributed by atoms with van der Waals surface area (Å²) in [6.45, 7) is 1.95. The lowest BCUT2D eigenvalue weighted by molar-refractivity contribution is 0.932. The second kappa shape index (κ2) is 4.85. The Morgan fingerprint density at radius 1 is 1.05 bits per heavy atom. The summed E-state index contributed by atoms with van der Waals surface area (Å²) < 4.78 is 0. The highest BCUT2D eigenvalue weighted by molar-refractivity contribution is 7.99. The minimum absolute atomic E-state index is 0.685. The molecule has 94 valence electrons. The molecular weight excluding hydrogens is 256 g/mol. The van der Waals surface area contributed by atoms with E-state index in [1.807, 2.05) is 37.3 Å². The SMILES string of the molecule is Cc1ccnc(Sc2ccnc3c(N)cccc23)n1. The number of pyridine rings is 1. The molecular formula is C14H12N4S. The fourth-order valence-corrected chi connectivity index (χ4v) is 2.74. The Morgan fingerprint density at radius 3 is 2.74 bits per heavy atom. The minimum Gasteiger partial charge on any atom is -0.397 e. The first-order valence-corrected chi connectivity index (χ1v) is 6.66. The minimum atomic E-state index is 0.685. The van der Waals surface area contributed by atoms with E-state index in [1.54, 1.807) is 12.4 Å². The number of benzene rings is 1. The van der Waals surface area contributed by atoms with Crippen LogP contribution < -0.4 is 5.73 Å². The number of fused-ring (bicyclic) bond motifs is 1. The van der Waals surface area contributed by atoms with E-state index in [4.69, 9.17) is 5.73 Å². The van der Waals surface area contributed by atoms with Gasteiger partial charge in [-0.25, -0.2) is 9.97 Å². The first-order chi connectivity index (χ1) is 9.24. The van der Waals surface area contributed by atoms with E-state index < -0.39 is 0 Å². The van der Waals surface area contributed by atoms with Crippen LogP contribution in [-0.2, 0) is 0 Å². The van der Waals surface area contributed by atoms with E-state index in [1.165, 1.54) is 11.8 Å². The van der Waals surface area contributed by atoms with Gasteiger partial charge in [0.05, 0.1) is 11.2 Å². The zero-order chi connectivity index (χ0) is 13.2. The summed E-state index contributed by atoms with van der Waals surface area (Å²) in [4.78, 5) is 14.0. The van der Waals surface area contributed by atoms with Gasteiger partial charge in [-0.05, 0) is 36.9 Å². The monoisotopic (exact) mass is 268 g/mol.